The lowest BCUT2D eigenvalue weighted by molar-refractivity contribution is 0.0943. The van der Waals surface area contributed by atoms with Gasteiger partial charge < -0.3 is 5.32 Å². The van der Waals surface area contributed by atoms with E-state index < -0.39 is 0 Å². The van der Waals surface area contributed by atoms with E-state index in [0.717, 1.165) is 5.75 Å². The second-order valence-electron chi connectivity index (χ2n) is 5.43. The molecule has 0 saturated carbocycles. The second-order valence-corrected chi connectivity index (χ2v) is 6.48. The van der Waals surface area contributed by atoms with Crippen molar-refractivity contribution in [2.45, 2.75) is 37.5 Å². The number of carbonyl (C=O) groups is 1. The molecular formula is C18H21NOS. The normalized spacial score (nSPS) is 10.7. The van der Waals surface area contributed by atoms with Gasteiger partial charge in [-0.05, 0) is 50.6 Å². The van der Waals surface area contributed by atoms with Crippen LogP contribution in [0.25, 0.3) is 0 Å². The van der Waals surface area contributed by atoms with E-state index in [0.29, 0.717) is 5.56 Å². The highest BCUT2D eigenvalue weighted by Crippen LogP contribution is 2.23. The fourth-order valence-corrected chi connectivity index (χ4v) is 2.75. The predicted octanol–water partition coefficient (Wildman–Crippen LogP) is 4.43. The smallest absolute Gasteiger partial charge is 0.251 e. The van der Waals surface area contributed by atoms with Gasteiger partial charge in [0.2, 0.25) is 0 Å². The molecule has 2 aromatic carbocycles. The highest BCUT2D eigenvalue weighted by Gasteiger charge is 2.06. The van der Waals surface area contributed by atoms with Gasteiger partial charge in [0.1, 0.15) is 0 Å². The van der Waals surface area contributed by atoms with E-state index in [2.05, 4.69) is 36.5 Å². The lowest BCUT2D eigenvalue weighted by atomic mass is 10.1. The molecular weight excluding hydrogens is 278 g/mol. The number of thioether (sulfide) groups is 1. The van der Waals surface area contributed by atoms with Gasteiger partial charge >= 0.3 is 0 Å². The van der Waals surface area contributed by atoms with Crippen LogP contribution < -0.4 is 5.32 Å². The minimum atomic E-state index is -0.0114. The summed E-state index contributed by atoms with van der Waals surface area (Å²) >= 11 is 1.81. The molecule has 2 nitrogen and oxygen atoms in total. The molecule has 0 aliphatic heterocycles. The summed E-state index contributed by atoms with van der Waals surface area (Å²) in [6.45, 7) is 6.02. The Kier molecular flexibility index (Phi) is 5.45. The van der Waals surface area contributed by atoms with Crippen LogP contribution in [-0.2, 0) is 5.75 Å². The third-order valence-corrected chi connectivity index (χ3v) is 4.15. The van der Waals surface area contributed by atoms with Crippen molar-refractivity contribution >= 4 is 17.7 Å². The molecule has 2 rings (SSSR count). The molecule has 0 saturated heterocycles. The van der Waals surface area contributed by atoms with Crippen LogP contribution in [0.5, 0.6) is 0 Å². The minimum Gasteiger partial charge on any atom is -0.350 e. The van der Waals surface area contributed by atoms with Crippen LogP contribution in [0.4, 0.5) is 0 Å². The molecule has 0 fully saturated rings. The number of hydrogen-bond acceptors (Lipinski definition) is 2. The first kappa shape index (κ1) is 15.6. The van der Waals surface area contributed by atoms with E-state index in [1.54, 1.807) is 11.8 Å². The maximum Gasteiger partial charge on any atom is 0.251 e. The van der Waals surface area contributed by atoms with Crippen molar-refractivity contribution in [1.82, 2.24) is 5.32 Å². The van der Waals surface area contributed by atoms with Crippen LogP contribution in [0.1, 0.15) is 35.3 Å². The summed E-state index contributed by atoms with van der Waals surface area (Å²) in [7, 11) is 0. The topological polar surface area (TPSA) is 29.1 Å². The molecule has 2 aromatic rings. The number of amides is 1. The quantitative estimate of drug-likeness (QED) is 0.828. The Balaban J connectivity index is 1.93. The maximum absolute atomic E-state index is 11.9. The number of carbonyl (C=O) groups excluding carboxylic acids is 1. The Morgan fingerprint density at radius 1 is 1.05 bits per heavy atom. The fraction of sp³-hybridized carbons (Fsp3) is 0.278. The van der Waals surface area contributed by atoms with Crippen molar-refractivity contribution in [2.75, 3.05) is 0 Å². The van der Waals surface area contributed by atoms with Gasteiger partial charge in [0.25, 0.3) is 5.91 Å². The lowest BCUT2D eigenvalue weighted by Gasteiger charge is -2.09. The van der Waals surface area contributed by atoms with Gasteiger partial charge in [-0.2, -0.15) is 0 Å². The summed E-state index contributed by atoms with van der Waals surface area (Å²) in [5.74, 6) is 0.900. The van der Waals surface area contributed by atoms with Gasteiger partial charge in [-0.1, -0.05) is 29.8 Å². The zero-order valence-electron chi connectivity index (χ0n) is 12.7. The zero-order valence-corrected chi connectivity index (χ0v) is 13.5. The molecule has 0 spiro atoms. The van der Waals surface area contributed by atoms with E-state index in [1.165, 1.54) is 16.0 Å². The molecule has 1 amide bonds. The Labute approximate surface area is 131 Å². The molecule has 21 heavy (non-hydrogen) atoms. The van der Waals surface area contributed by atoms with Crippen LogP contribution in [0.2, 0.25) is 0 Å². The first-order valence-corrected chi connectivity index (χ1v) is 8.12. The zero-order chi connectivity index (χ0) is 15.2. The Morgan fingerprint density at radius 3 is 2.24 bits per heavy atom. The summed E-state index contributed by atoms with van der Waals surface area (Å²) in [5.41, 5.74) is 3.22. The number of aryl methyl sites for hydroxylation is 1. The maximum atomic E-state index is 11.9. The third-order valence-electron chi connectivity index (χ3n) is 3.06. The molecule has 0 aliphatic carbocycles. The van der Waals surface area contributed by atoms with Crippen LogP contribution in [0.3, 0.4) is 0 Å². The summed E-state index contributed by atoms with van der Waals surface area (Å²) < 4.78 is 0. The summed E-state index contributed by atoms with van der Waals surface area (Å²) in [4.78, 5) is 13.1. The van der Waals surface area contributed by atoms with E-state index >= 15 is 0 Å². The third kappa shape index (κ3) is 4.94. The van der Waals surface area contributed by atoms with Crippen molar-refractivity contribution in [1.29, 1.82) is 0 Å². The number of rotatable bonds is 5. The summed E-state index contributed by atoms with van der Waals surface area (Å²) in [6, 6.07) is 16.5. The second kappa shape index (κ2) is 7.32. The van der Waals surface area contributed by atoms with Crippen LogP contribution in [-0.4, -0.2) is 11.9 Å². The van der Waals surface area contributed by atoms with E-state index in [1.807, 2.05) is 38.1 Å². The van der Waals surface area contributed by atoms with E-state index in [9.17, 15) is 4.79 Å². The van der Waals surface area contributed by atoms with Crippen LogP contribution in [0.15, 0.2) is 53.4 Å². The van der Waals surface area contributed by atoms with Crippen molar-refractivity contribution in [3.05, 3.63) is 65.2 Å². The molecule has 3 heteroatoms. The molecule has 0 unspecified atom stereocenters. The highest BCUT2D eigenvalue weighted by atomic mass is 32.2. The van der Waals surface area contributed by atoms with E-state index in [4.69, 9.17) is 0 Å². The van der Waals surface area contributed by atoms with Gasteiger partial charge in [0.05, 0.1) is 0 Å². The molecule has 0 atom stereocenters. The average Bonchev–Trinajstić information content (AvgIpc) is 2.46. The SMILES string of the molecule is Cc1ccc(SCc2ccc(C(=O)NC(C)C)cc2)cc1. The minimum absolute atomic E-state index is 0.0114. The standard InChI is InChI=1S/C18H21NOS/c1-13(2)19-18(20)16-8-6-15(7-9-16)12-21-17-10-4-14(3)5-11-17/h4-11,13H,12H2,1-3H3,(H,19,20). The molecule has 0 bridgehead atoms. The van der Waals surface area contributed by atoms with Crippen LogP contribution in [0, 0.1) is 6.92 Å². The molecule has 0 aromatic heterocycles. The molecule has 0 heterocycles. The predicted molar refractivity (Wildman–Crippen MR) is 89.8 cm³/mol. The fourth-order valence-electron chi connectivity index (χ4n) is 1.90. The number of benzene rings is 2. The Bertz CT molecular complexity index is 588. The van der Waals surface area contributed by atoms with Gasteiger partial charge in [0.15, 0.2) is 0 Å². The van der Waals surface area contributed by atoms with Gasteiger partial charge in [-0.15, -0.1) is 11.8 Å². The van der Waals surface area contributed by atoms with Crippen molar-refractivity contribution in [2.24, 2.45) is 0 Å². The molecule has 0 radical (unpaired) electrons. The van der Waals surface area contributed by atoms with Gasteiger partial charge in [-0.25, -0.2) is 0 Å². The lowest BCUT2D eigenvalue weighted by Crippen LogP contribution is -2.29. The molecule has 110 valence electrons. The van der Waals surface area contributed by atoms with E-state index in [-0.39, 0.29) is 11.9 Å². The Morgan fingerprint density at radius 2 is 1.67 bits per heavy atom. The largest absolute Gasteiger partial charge is 0.350 e. The average molecular weight is 299 g/mol. The van der Waals surface area contributed by atoms with Crippen molar-refractivity contribution in [3.63, 3.8) is 0 Å². The summed E-state index contributed by atoms with van der Waals surface area (Å²) in [5, 5.41) is 2.90. The first-order chi connectivity index (χ1) is 10.0. The summed E-state index contributed by atoms with van der Waals surface area (Å²) in [6.07, 6.45) is 0. The number of hydrogen-bond donors (Lipinski definition) is 1. The Hall–Kier alpha value is -1.74. The molecule has 0 aliphatic rings. The monoisotopic (exact) mass is 299 g/mol. The van der Waals surface area contributed by atoms with Crippen molar-refractivity contribution in [3.8, 4) is 0 Å². The number of nitrogens with one attached hydrogen (secondary N) is 1. The highest BCUT2D eigenvalue weighted by molar-refractivity contribution is 7.98. The molecule has 1 N–H and O–H groups in total. The first-order valence-electron chi connectivity index (χ1n) is 7.14. The van der Waals surface area contributed by atoms with Crippen molar-refractivity contribution < 1.29 is 4.79 Å². The van der Waals surface area contributed by atoms with Gasteiger partial charge in [0, 0.05) is 22.3 Å². The van der Waals surface area contributed by atoms with Gasteiger partial charge in [-0.3, -0.25) is 4.79 Å². The van der Waals surface area contributed by atoms with Crippen LogP contribution >= 0.6 is 11.8 Å².